The molecule has 2 aromatic carbocycles. The summed E-state index contributed by atoms with van der Waals surface area (Å²) in [4.78, 5) is 32.5. The van der Waals surface area contributed by atoms with E-state index >= 15 is 0 Å². The lowest BCUT2D eigenvalue weighted by Crippen LogP contribution is -2.38. The summed E-state index contributed by atoms with van der Waals surface area (Å²) < 4.78 is 0. The molecule has 0 aliphatic rings. The summed E-state index contributed by atoms with van der Waals surface area (Å²) in [5, 5.41) is 7.51. The molecule has 0 aliphatic heterocycles. The van der Waals surface area contributed by atoms with Gasteiger partial charge in [-0.15, -0.1) is 11.3 Å². The average molecular weight is 390 g/mol. The van der Waals surface area contributed by atoms with Crippen molar-refractivity contribution >= 4 is 34.2 Å². The molecule has 2 amide bonds. The van der Waals surface area contributed by atoms with E-state index in [0.29, 0.717) is 4.88 Å². The molecule has 1 atom stereocenters. The summed E-state index contributed by atoms with van der Waals surface area (Å²) in [6.07, 6.45) is 1.64. The molecule has 3 N–H and O–H groups in total. The molecular weight excluding hydrogens is 372 g/mol. The Morgan fingerprint density at radius 2 is 1.89 bits per heavy atom. The van der Waals surface area contributed by atoms with Crippen LogP contribution in [0.2, 0.25) is 0 Å². The van der Waals surface area contributed by atoms with Crippen LogP contribution < -0.4 is 10.6 Å². The highest BCUT2D eigenvalue weighted by Crippen LogP contribution is 2.24. The fourth-order valence-corrected chi connectivity index (χ4v) is 3.64. The van der Waals surface area contributed by atoms with Crippen molar-refractivity contribution in [2.45, 2.75) is 6.04 Å². The molecule has 4 rings (SSSR count). The van der Waals surface area contributed by atoms with Gasteiger partial charge in [-0.05, 0) is 34.7 Å². The van der Waals surface area contributed by atoms with Gasteiger partial charge in [-0.25, -0.2) is 4.98 Å². The molecule has 0 fully saturated rings. The number of nitrogens with zero attached hydrogens (tertiary/aromatic N) is 1. The van der Waals surface area contributed by atoms with Crippen LogP contribution in [-0.4, -0.2) is 28.3 Å². The van der Waals surface area contributed by atoms with Crippen LogP contribution >= 0.6 is 11.3 Å². The largest absolute Gasteiger partial charge is 0.345 e. The lowest BCUT2D eigenvalue weighted by Gasteiger charge is -2.20. The molecule has 2 heterocycles. The summed E-state index contributed by atoms with van der Waals surface area (Å²) in [5.74, 6) is -0.510. The summed E-state index contributed by atoms with van der Waals surface area (Å²) in [7, 11) is 0. The van der Waals surface area contributed by atoms with Gasteiger partial charge in [0, 0.05) is 0 Å². The highest BCUT2D eigenvalue weighted by molar-refractivity contribution is 7.12. The molecule has 0 spiro atoms. The number of aromatic nitrogens is 2. The molecule has 2 aromatic heterocycles. The van der Waals surface area contributed by atoms with Crippen LogP contribution in [-0.2, 0) is 4.79 Å². The normalized spacial score (nSPS) is 11.9. The Labute approximate surface area is 165 Å². The van der Waals surface area contributed by atoms with Crippen molar-refractivity contribution in [1.82, 2.24) is 20.6 Å². The molecule has 0 radical (unpaired) electrons. The fraction of sp³-hybridized carbons (Fsp3) is 0.0952. The summed E-state index contributed by atoms with van der Waals surface area (Å²) in [6.45, 7) is -0.0909. The Kier molecular flexibility index (Phi) is 5.16. The predicted molar refractivity (Wildman–Crippen MR) is 109 cm³/mol. The Balaban J connectivity index is 1.52. The molecule has 0 aliphatic carbocycles. The third kappa shape index (κ3) is 3.94. The smallest absolute Gasteiger partial charge is 0.261 e. The highest BCUT2D eigenvalue weighted by atomic mass is 32.1. The van der Waals surface area contributed by atoms with Gasteiger partial charge in [0.25, 0.3) is 5.91 Å². The topological polar surface area (TPSA) is 86.9 Å². The van der Waals surface area contributed by atoms with Crippen molar-refractivity contribution in [3.05, 3.63) is 88.4 Å². The number of aromatic amines is 1. The predicted octanol–water partition coefficient (Wildman–Crippen LogP) is 3.26. The van der Waals surface area contributed by atoms with Gasteiger partial charge in [0.1, 0.15) is 0 Å². The van der Waals surface area contributed by atoms with E-state index in [1.165, 1.54) is 11.3 Å². The molecule has 0 saturated carbocycles. The summed E-state index contributed by atoms with van der Waals surface area (Å²) in [6, 6.07) is 18.8. The van der Waals surface area contributed by atoms with Crippen molar-refractivity contribution in [2.24, 2.45) is 0 Å². The Morgan fingerprint density at radius 3 is 2.68 bits per heavy atom. The molecule has 1 unspecified atom stereocenters. The van der Waals surface area contributed by atoms with E-state index in [1.807, 2.05) is 53.9 Å². The lowest BCUT2D eigenvalue weighted by atomic mass is 9.98. The quantitative estimate of drug-likeness (QED) is 0.472. The molecule has 140 valence electrons. The molecular formula is C21H18N4O2S. The number of rotatable bonds is 6. The minimum absolute atomic E-state index is 0.0909. The van der Waals surface area contributed by atoms with Gasteiger partial charge in [0.2, 0.25) is 5.91 Å². The first-order chi connectivity index (χ1) is 13.7. The summed E-state index contributed by atoms with van der Waals surface area (Å²) >= 11 is 1.34. The van der Waals surface area contributed by atoms with Crippen molar-refractivity contribution in [2.75, 3.05) is 6.54 Å². The van der Waals surface area contributed by atoms with E-state index in [2.05, 4.69) is 20.6 Å². The first-order valence-electron chi connectivity index (χ1n) is 8.80. The van der Waals surface area contributed by atoms with Crippen LogP contribution in [0.1, 0.15) is 26.8 Å². The van der Waals surface area contributed by atoms with E-state index in [4.69, 9.17) is 0 Å². The van der Waals surface area contributed by atoms with Crippen molar-refractivity contribution in [3.8, 4) is 0 Å². The first-order valence-corrected chi connectivity index (χ1v) is 9.68. The molecule has 4 aromatic rings. The minimum Gasteiger partial charge on any atom is -0.345 e. The lowest BCUT2D eigenvalue weighted by molar-refractivity contribution is -0.120. The number of imidazole rings is 1. The van der Waals surface area contributed by atoms with Crippen LogP contribution in [0.3, 0.4) is 0 Å². The van der Waals surface area contributed by atoms with Crippen LogP contribution in [0.5, 0.6) is 0 Å². The molecule has 7 heteroatoms. The van der Waals surface area contributed by atoms with E-state index in [-0.39, 0.29) is 24.4 Å². The van der Waals surface area contributed by atoms with Gasteiger partial charge in [-0.2, -0.15) is 0 Å². The third-order valence-corrected chi connectivity index (χ3v) is 5.24. The van der Waals surface area contributed by atoms with Crippen molar-refractivity contribution in [3.63, 3.8) is 0 Å². The zero-order chi connectivity index (χ0) is 19.3. The van der Waals surface area contributed by atoms with Gasteiger partial charge in [0.15, 0.2) is 0 Å². The van der Waals surface area contributed by atoms with Crippen LogP contribution in [0.15, 0.2) is 72.4 Å². The number of carbonyl (C=O) groups is 2. The Hall–Kier alpha value is -3.45. The highest BCUT2D eigenvalue weighted by Gasteiger charge is 2.18. The number of hydrogen-bond acceptors (Lipinski definition) is 4. The van der Waals surface area contributed by atoms with Gasteiger partial charge in [0.05, 0.1) is 34.8 Å². The van der Waals surface area contributed by atoms with Gasteiger partial charge < -0.3 is 15.6 Å². The number of H-pyrrole nitrogens is 1. The fourth-order valence-electron chi connectivity index (χ4n) is 3.00. The number of carbonyl (C=O) groups excluding carboxylic acids is 2. The van der Waals surface area contributed by atoms with E-state index in [9.17, 15) is 9.59 Å². The Morgan fingerprint density at radius 1 is 1.04 bits per heavy atom. The maximum atomic E-state index is 12.5. The van der Waals surface area contributed by atoms with Crippen molar-refractivity contribution < 1.29 is 9.59 Å². The van der Waals surface area contributed by atoms with Crippen LogP contribution in [0, 0.1) is 0 Å². The van der Waals surface area contributed by atoms with Crippen LogP contribution in [0.4, 0.5) is 0 Å². The monoisotopic (exact) mass is 390 g/mol. The van der Waals surface area contributed by atoms with Gasteiger partial charge in [-0.1, -0.05) is 42.5 Å². The maximum Gasteiger partial charge on any atom is 0.261 e. The van der Waals surface area contributed by atoms with E-state index in [0.717, 1.165) is 22.2 Å². The zero-order valence-corrected chi connectivity index (χ0v) is 15.7. The maximum absolute atomic E-state index is 12.5. The van der Waals surface area contributed by atoms with Gasteiger partial charge in [-0.3, -0.25) is 9.59 Å². The molecule has 28 heavy (non-hydrogen) atoms. The second kappa shape index (κ2) is 8.06. The Bertz CT molecular complexity index is 1090. The zero-order valence-electron chi connectivity index (χ0n) is 14.9. The van der Waals surface area contributed by atoms with E-state index in [1.54, 1.807) is 18.5 Å². The summed E-state index contributed by atoms with van der Waals surface area (Å²) in [5.41, 5.74) is 3.66. The average Bonchev–Trinajstić information content (AvgIpc) is 3.42. The molecule has 6 nitrogen and oxygen atoms in total. The second-order valence-corrected chi connectivity index (χ2v) is 7.20. The van der Waals surface area contributed by atoms with Crippen LogP contribution in [0.25, 0.3) is 11.0 Å². The number of hydrogen-bond donors (Lipinski definition) is 3. The SMILES string of the molecule is O=C(CNC(=O)c1cccs1)NC(c1ccccc1)c1ccc2nc[nH]c2c1. The first kappa shape index (κ1) is 17.9. The standard InChI is InChI=1S/C21H18N4O2S/c26-19(12-22-21(27)18-7-4-10-28-18)25-20(14-5-2-1-3-6-14)15-8-9-16-17(11-15)24-13-23-16/h1-11,13,20H,12H2,(H,22,27)(H,23,24)(H,25,26). The molecule has 0 saturated heterocycles. The second-order valence-electron chi connectivity index (χ2n) is 6.25. The minimum atomic E-state index is -0.333. The van der Waals surface area contributed by atoms with Gasteiger partial charge >= 0.3 is 0 Å². The number of thiophene rings is 1. The number of benzene rings is 2. The third-order valence-electron chi connectivity index (χ3n) is 4.37. The number of fused-ring (bicyclic) bond motifs is 1. The number of nitrogens with one attached hydrogen (secondary N) is 3. The number of amides is 2. The van der Waals surface area contributed by atoms with E-state index < -0.39 is 0 Å². The van der Waals surface area contributed by atoms with Crippen molar-refractivity contribution in [1.29, 1.82) is 0 Å². The molecule has 0 bridgehead atoms.